The average molecular weight is 274 g/mol. The van der Waals surface area contributed by atoms with Gasteiger partial charge in [-0.3, -0.25) is 4.79 Å². The van der Waals surface area contributed by atoms with Crippen LogP contribution in [0.4, 0.5) is 0 Å². The molecule has 0 unspecified atom stereocenters. The monoisotopic (exact) mass is 273 g/mol. The fourth-order valence-corrected chi connectivity index (χ4v) is 1.60. The molecule has 0 aliphatic rings. The Kier molecular flexibility index (Phi) is 4.55. The van der Waals surface area contributed by atoms with Crippen LogP contribution in [-0.4, -0.2) is 22.9 Å². The molecule has 0 aromatic carbocycles. The fraction of sp³-hybridized carbons (Fsp3) is 0.400. The van der Waals surface area contributed by atoms with Crippen molar-refractivity contribution >= 4 is 21.9 Å². The number of nitrogens with one attached hydrogen (secondary N) is 1. The van der Waals surface area contributed by atoms with Gasteiger partial charge in [-0.15, -0.1) is 0 Å². The zero-order chi connectivity index (χ0) is 11.3. The van der Waals surface area contributed by atoms with Crippen molar-refractivity contribution in [2.75, 3.05) is 11.9 Å². The Labute approximate surface area is 95.8 Å². The lowest BCUT2D eigenvalue weighted by molar-refractivity contribution is 0.0524. The summed E-state index contributed by atoms with van der Waals surface area (Å²) in [6.07, 6.45) is 2.36. The molecule has 0 radical (unpaired) electrons. The topological polar surface area (TPSA) is 59.2 Å². The summed E-state index contributed by atoms with van der Waals surface area (Å²) in [7, 11) is 0. The lowest BCUT2D eigenvalue weighted by Crippen LogP contribution is -2.20. The van der Waals surface area contributed by atoms with E-state index < -0.39 is 11.5 Å². The maximum Gasteiger partial charge on any atom is 0.343 e. The van der Waals surface area contributed by atoms with Gasteiger partial charge in [-0.25, -0.2) is 4.79 Å². The quantitative estimate of drug-likeness (QED) is 0.668. The summed E-state index contributed by atoms with van der Waals surface area (Å²) in [5.41, 5.74) is 0.552. The van der Waals surface area contributed by atoms with Crippen LogP contribution in [-0.2, 0) is 11.2 Å². The van der Waals surface area contributed by atoms with Crippen molar-refractivity contribution in [1.82, 2.24) is 4.98 Å². The molecule has 1 rings (SSSR count). The van der Waals surface area contributed by atoms with E-state index in [0.29, 0.717) is 0 Å². The number of aryl methyl sites for hydroxylation is 1. The van der Waals surface area contributed by atoms with Crippen molar-refractivity contribution in [2.45, 2.75) is 13.3 Å². The number of alkyl halides is 1. The fourth-order valence-electron chi connectivity index (χ4n) is 1.14. The Morgan fingerprint density at radius 1 is 1.60 bits per heavy atom. The highest BCUT2D eigenvalue weighted by Gasteiger charge is 2.11. The summed E-state index contributed by atoms with van der Waals surface area (Å²) in [5.74, 6) is -0.574. The normalized spacial score (nSPS) is 10.0. The molecular formula is C10H12BrNO3. The summed E-state index contributed by atoms with van der Waals surface area (Å²) < 4.78 is 4.77. The van der Waals surface area contributed by atoms with E-state index in [4.69, 9.17) is 4.74 Å². The van der Waals surface area contributed by atoms with Crippen molar-refractivity contribution in [2.24, 2.45) is 0 Å². The van der Waals surface area contributed by atoms with E-state index in [9.17, 15) is 9.59 Å². The second-order valence-electron chi connectivity index (χ2n) is 2.91. The predicted octanol–water partition coefficient (Wildman–Crippen LogP) is 1.49. The first-order valence-corrected chi connectivity index (χ1v) is 5.76. The molecule has 0 bridgehead atoms. The Balaban J connectivity index is 2.99. The lowest BCUT2D eigenvalue weighted by Gasteiger charge is -2.02. The van der Waals surface area contributed by atoms with Gasteiger partial charge in [0, 0.05) is 11.5 Å². The van der Waals surface area contributed by atoms with Crippen LogP contribution < -0.4 is 5.56 Å². The molecule has 1 aromatic heterocycles. The molecule has 0 amide bonds. The molecule has 0 spiro atoms. The van der Waals surface area contributed by atoms with Gasteiger partial charge in [-0.05, 0) is 25.0 Å². The molecule has 0 saturated heterocycles. The third kappa shape index (κ3) is 3.20. The van der Waals surface area contributed by atoms with Gasteiger partial charge in [0.1, 0.15) is 5.56 Å². The summed E-state index contributed by atoms with van der Waals surface area (Å²) in [6, 6.07) is 1.57. The maximum absolute atomic E-state index is 11.4. The zero-order valence-electron chi connectivity index (χ0n) is 8.38. The van der Waals surface area contributed by atoms with Gasteiger partial charge in [-0.1, -0.05) is 15.9 Å². The smallest absolute Gasteiger partial charge is 0.343 e. The van der Waals surface area contributed by atoms with E-state index in [1.54, 1.807) is 19.2 Å². The summed E-state index contributed by atoms with van der Waals surface area (Å²) in [4.78, 5) is 25.2. The van der Waals surface area contributed by atoms with Crippen LogP contribution in [0.1, 0.15) is 22.8 Å². The van der Waals surface area contributed by atoms with Crippen molar-refractivity contribution in [1.29, 1.82) is 0 Å². The van der Waals surface area contributed by atoms with Crippen LogP contribution in [0, 0.1) is 0 Å². The minimum atomic E-state index is -0.574. The van der Waals surface area contributed by atoms with Gasteiger partial charge < -0.3 is 9.72 Å². The van der Waals surface area contributed by atoms with Gasteiger partial charge >= 0.3 is 5.97 Å². The van der Waals surface area contributed by atoms with Gasteiger partial charge in [0.05, 0.1) is 6.61 Å². The largest absolute Gasteiger partial charge is 0.462 e. The van der Waals surface area contributed by atoms with Crippen LogP contribution >= 0.6 is 15.9 Å². The molecule has 1 aromatic rings. The first-order valence-electron chi connectivity index (χ1n) is 4.63. The standard InChI is InChI=1S/C10H12BrNO3/c1-2-15-10(14)8-5-7(3-4-11)6-12-9(8)13/h5-6H,2-4H2,1H3,(H,12,13). The first kappa shape index (κ1) is 12.0. The molecule has 15 heavy (non-hydrogen) atoms. The van der Waals surface area contributed by atoms with E-state index in [1.165, 1.54) is 0 Å². The molecule has 82 valence electrons. The van der Waals surface area contributed by atoms with Crippen LogP contribution in [0.3, 0.4) is 0 Å². The van der Waals surface area contributed by atoms with Gasteiger partial charge in [-0.2, -0.15) is 0 Å². The third-order valence-electron chi connectivity index (χ3n) is 1.84. The second kappa shape index (κ2) is 5.70. The molecule has 0 aliphatic carbocycles. The highest BCUT2D eigenvalue weighted by molar-refractivity contribution is 9.09. The van der Waals surface area contributed by atoms with Gasteiger partial charge in [0.15, 0.2) is 0 Å². The van der Waals surface area contributed by atoms with E-state index >= 15 is 0 Å². The molecule has 0 aliphatic heterocycles. The highest BCUT2D eigenvalue weighted by atomic mass is 79.9. The van der Waals surface area contributed by atoms with E-state index in [2.05, 4.69) is 20.9 Å². The summed E-state index contributed by atoms with van der Waals surface area (Å²) in [6.45, 7) is 1.97. The number of carbonyl (C=O) groups excluding carboxylic acids is 1. The van der Waals surface area contributed by atoms with Crippen LogP contribution in [0.5, 0.6) is 0 Å². The number of hydrogen-bond donors (Lipinski definition) is 1. The van der Waals surface area contributed by atoms with E-state index in [-0.39, 0.29) is 12.2 Å². The van der Waals surface area contributed by atoms with Crippen LogP contribution in [0.15, 0.2) is 17.1 Å². The number of halogens is 1. The van der Waals surface area contributed by atoms with E-state index in [0.717, 1.165) is 17.3 Å². The van der Waals surface area contributed by atoms with Crippen LogP contribution in [0.25, 0.3) is 0 Å². The number of aromatic amines is 1. The molecule has 4 nitrogen and oxygen atoms in total. The minimum absolute atomic E-state index is 0.0651. The number of pyridine rings is 1. The molecule has 0 saturated carbocycles. The Morgan fingerprint density at radius 2 is 2.33 bits per heavy atom. The predicted molar refractivity (Wildman–Crippen MR) is 60.5 cm³/mol. The van der Waals surface area contributed by atoms with Crippen molar-refractivity contribution in [3.63, 3.8) is 0 Å². The minimum Gasteiger partial charge on any atom is -0.462 e. The number of H-pyrrole nitrogens is 1. The SMILES string of the molecule is CCOC(=O)c1cc(CCBr)c[nH]c1=O. The number of carbonyl (C=O) groups is 1. The number of aromatic nitrogens is 1. The first-order chi connectivity index (χ1) is 7.19. The van der Waals surface area contributed by atoms with Crippen molar-refractivity contribution in [3.05, 3.63) is 33.7 Å². The summed E-state index contributed by atoms with van der Waals surface area (Å²) >= 11 is 3.29. The number of esters is 1. The molecule has 1 heterocycles. The van der Waals surface area contributed by atoms with Crippen molar-refractivity contribution < 1.29 is 9.53 Å². The lowest BCUT2D eigenvalue weighted by atomic mass is 10.1. The van der Waals surface area contributed by atoms with E-state index in [1.807, 2.05) is 0 Å². The Hall–Kier alpha value is -1.10. The second-order valence-corrected chi connectivity index (χ2v) is 3.70. The maximum atomic E-state index is 11.4. The third-order valence-corrected chi connectivity index (χ3v) is 2.24. The number of ether oxygens (including phenoxy) is 1. The zero-order valence-corrected chi connectivity index (χ0v) is 9.96. The van der Waals surface area contributed by atoms with Gasteiger partial charge in [0.25, 0.3) is 5.56 Å². The molecule has 0 atom stereocenters. The number of hydrogen-bond acceptors (Lipinski definition) is 3. The van der Waals surface area contributed by atoms with Gasteiger partial charge in [0.2, 0.25) is 0 Å². The number of rotatable bonds is 4. The molecular weight excluding hydrogens is 262 g/mol. The van der Waals surface area contributed by atoms with Crippen molar-refractivity contribution in [3.8, 4) is 0 Å². The Bertz CT molecular complexity index is 400. The molecule has 1 N–H and O–H groups in total. The molecule has 0 fully saturated rings. The Morgan fingerprint density at radius 3 is 2.93 bits per heavy atom. The van der Waals surface area contributed by atoms with Crippen LogP contribution in [0.2, 0.25) is 0 Å². The molecule has 5 heteroatoms. The average Bonchev–Trinajstić information content (AvgIpc) is 2.21. The summed E-state index contributed by atoms with van der Waals surface area (Å²) in [5, 5.41) is 0.779. The highest BCUT2D eigenvalue weighted by Crippen LogP contribution is 2.03.